The first-order valence-corrected chi connectivity index (χ1v) is 6.88. The average Bonchev–Trinajstić information content (AvgIpc) is 2.27. The molecule has 0 aliphatic heterocycles. The van der Waals surface area contributed by atoms with Crippen LogP contribution in [0.5, 0.6) is 0 Å². The van der Waals surface area contributed by atoms with Crippen LogP contribution >= 0.6 is 0 Å². The van der Waals surface area contributed by atoms with Crippen LogP contribution in [-0.4, -0.2) is 37.7 Å². The molecule has 0 aromatic heterocycles. The van der Waals surface area contributed by atoms with Gasteiger partial charge in [0.1, 0.15) is 0 Å². The van der Waals surface area contributed by atoms with Gasteiger partial charge in [0.15, 0.2) is 0 Å². The zero-order valence-electron chi connectivity index (χ0n) is 13.2. The summed E-state index contributed by atoms with van der Waals surface area (Å²) in [5.74, 6) is 0. The summed E-state index contributed by atoms with van der Waals surface area (Å²) in [7, 11) is 5.94. The molecule has 1 atom stereocenters. The number of hydrogen-bond donors (Lipinski definition) is 1. The quantitative estimate of drug-likeness (QED) is 0.817. The third kappa shape index (κ3) is 6.08. The lowest BCUT2D eigenvalue weighted by Crippen LogP contribution is -2.31. The van der Waals surface area contributed by atoms with Gasteiger partial charge in [-0.3, -0.25) is 0 Å². The maximum atomic E-state index is 5.48. The number of ether oxygens (including phenoxy) is 1. The van der Waals surface area contributed by atoms with E-state index in [0.29, 0.717) is 6.04 Å². The molecule has 0 radical (unpaired) electrons. The summed E-state index contributed by atoms with van der Waals surface area (Å²) in [6, 6.07) is 8.99. The van der Waals surface area contributed by atoms with E-state index in [2.05, 4.69) is 69.3 Å². The van der Waals surface area contributed by atoms with Crippen molar-refractivity contribution in [1.82, 2.24) is 4.90 Å². The zero-order chi connectivity index (χ0) is 14.5. The van der Waals surface area contributed by atoms with Crippen LogP contribution in [0.15, 0.2) is 24.3 Å². The number of hydrogen-bond acceptors (Lipinski definition) is 3. The van der Waals surface area contributed by atoms with Gasteiger partial charge >= 0.3 is 0 Å². The van der Waals surface area contributed by atoms with Crippen molar-refractivity contribution in [1.29, 1.82) is 0 Å². The van der Waals surface area contributed by atoms with Crippen LogP contribution < -0.4 is 5.32 Å². The predicted octanol–water partition coefficient (Wildman–Crippen LogP) is 3.36. The molecule has 19 heavy (non-hydrogen) atoms. The Hall–Kier alpha value is -1.06. The number of rotatable bonds is 7. The van der Waals surface area contributed by atoms with E-state index in [0.717, 1.165) is 13.0 Å². The first kappa shape index (κ1) is 16.0. The minimum atomic E-state index is -0.0896. The fourth-order valence-corrected chi connectivity index (χ4v) is 2.28. The lowest BCUT2D eigenvalue weighted by Gasteiger charge is -2.27. The van der Waals surface area contributed by atoms with Crippen LogP contribution in [-0.2, 0) is 11.3 Å². The molecule has 0 saturated carbocycles. The maximum Gasteiger partial charge on any atom is 0.0642 e. The van der Waals surface area contributed by atoms with Gasteiger partial charge in [-0.2, -0.15) is 0 Å². The SMILES string of the molecule is COC(C)(C)CC(C)Nc1cccc(CN(C)C)c1. The molecule has 1 aromatic rings. The van der Waals surface area contributed by atoms with Crippen LogP contribution in [0.4, 0.5) is 5.69 Å². The van der Waals surface area contributed by atoms with E-state index in [4.69, 9.17) is 4.74 Å². The molecule has 3 nitrogen and oxygen atoms in total. The van der Waals surface area contributed by atoms with Gasteiger partial charge in [0, 0.05) is 25.4 Å². The Bertz CT molecular complexity index is 388. The van der Waals surface area contributed by atoms with Gasteiger partial charge in [0.05, 0.1) is 5.60 Å². The largest absolute Gasteiger partial charge is 0.382 e. The minimum Gasteiger partial charge on any atom is -0.382 e. The highest BCUT2D eigenvalue weighted by Gasteiger charge is 2.19. The molecule has 1 N–H and O–H groups in total. The summed E-state index contributed by atoms with van der Waals surface area (Å²) in [6.45, 7) is 7.40. The highest BCUT2D eigenvalue weighted by atomic mass is 16.5. The number of nitrogens with one attached hydrogen (secondary N) is 1. The molecule has 0 spiro atoms. The summed E-state index contributed by atoms with van der Waals surface area (Å²) >= 11 is 0. The Morgan fingerprint density at radius 1 is 1.32 bits per heavy atom. The first-order valence-electron chi connectivity index (χ1n) is 6.88. The van der Waals surface area contributed by atoms with E-state index in [9.17, 15) is 0 Å². The van der Waals surface area contributed by atoms with Crippen LogP contribution in [0.2, 0.25) is 0 Å². The Morgan fingerprint density at radius 2 is 2.00 bits per heavy atom. The van der Waals surface area contributed by atoms with Crippen molar-refractivity contribution in [2.45, 2.75) is 45.4 Å². The van der Waals surface area contributed by atoms with Gasteiger partial charge in [0.2, 0.25) is 0 Å². The third-order valence-corrected chi connectivity index (χ3v) is 3.19. The highest BCUT2D eigenvalue weighted by Crippen LogP contribution is 2.19. The summed E-state index contributed by atoms with van der Waals surface area (Å²) in [5.41, 5.74) is 2.42. The van der Waals surface area contributed by atoms with Crippen molar-refractivity contribution in [3.8, 4) is 0 Å². The molecule has 0 heterocycles. The van der Waals surface area contributed by atoms with Gasteiger partial charge in [-0.05, 0) is 59.0 Å². The second-order valence-electron chi connectivity index (χ2n) is 6.15. The highest BCUT2D eigenvalue weighted by molar-refractivity contribution is 5.46. The number of benzene rings is 1. The summed E-state index contributed by atoms with van der Waals surface area (Å²) in [6.07, 6.45) is 0.974. The van der Waals surface area contributed by atoms with Crippen molar-refractivity contribution < 1.29 is 4.74 Å². The van der Waals surface area contributed by atoms with Crippen LogP contribution in [0.3, 0.4) is 0 Å². The Morgan fingerprint density at radius 3 is 2.58 bits per heavy atom. The first-order chi connectivity index (χ1) is 8.82. The van der Waals surface area contributed by atoms with Crippen molar-refractivity contribution >= 4 is 5.69 Å². The number of methoxy groups -OCH3 is 1. The van der Waals surface area contributed by atoms with E-state index in [-0.39, 0.29) is 5.60 Å². The molecular weight excluding hydrogens is 236 g/mol. The average molecular weight is 264 g/mol. The molecule has 0 bridgehead atoms. The van der Waals surface area contributed by atoms with Crippen LogP contribution in [0.1, 0.15) is 32.8 Å². The van der Waals surface area contributed by atoms with E-state index >= 15 is 0 Å². The van der Waals surface area contributed by atoms with Gasteiger partial charge in [0.25, 0.3) is 0 Å². The summed E-state index contributed by atoms with van der Waals surface area (Å²) in [5, 5.41) is 3.55. The van der Waals surface area contributed by atoms with E-state index < -0.39 is 0 Å². The molecule has 0 aliphatic carbocycles. The van der Waals surface area contributed by atoms with Gasteiger partial charge in [-0.15, -0.1) is 0 Å². The normalized spacial score (nSPS) is 13.6. The molecular formula is C16H28N2O. The monoisotopic (exact) mass is 264 g/mol. The standard InChI is InChI=1S/C16H28N2O/c1-13(11-16(2,3)19-6)17-15-9-7-8-14(10-15)12-18(4)5/h7-10,13,17H,11-12H2,1-6H3. The smallest absolute Gasteiger partial charge is 0.0642 e. The van der Waals surface area contributed by atoms with Gasteiger partial charge < -0.3 is 15.0 Å². The van der Waals surface area contributed by atoms with Crippen molar-refractivity contribution in [2.75, 3.05) is 26.5 Å². The third-order valence-electron chi connectivity index (χ3n) is 3.19. The summed E-state index contributed by atoms with van der Waals surface area (Å²) < 4.78 is 5.48. The Labute approximate surface area is 118 Å². The molecule has 0 fully saturated rings. The van der Waals surface area contributed by atoms with E-state index in [1.165, 1.54) is 11.3 Å². The van der Waals surface area contributed by atoms with Crippen molar-refractivity contribution in [3.05, 3.63) is 29.8 Å². The van der Waals surface area contributed by atoms with Gasteiger partial charge in [-0.25, -0.2) is 0 Å². The Kier molecular flexibility index (Phi) is 5.83. The van der Waals surface area contributed by atoms with Gasteiger partial charge in [-0.1, -0.05) is 12.1 Å². The molecule has 0 aliphatic rings. The maximum absolute atomic E-state index is 5.48. The number of anilines is 1. The molecule has 1 aromatic carbocycles. The molecule has 3 heteroatoms. The minimum absolute atomic E-state index is 0.0896. The second-order valence-corrected chi connectivity index (χ2v) is 6.15. The molecule has 1 rings (SSSR count). The van der Waals surface area contributed by atoms with Crippen LogP contribution in [0, 0.1) is 0 Å². The Balaban J connectivity index is 2.61. The fraction of sp³-hybridized carbons (Fsp3) is 0.625. The van der Waals surface area contributed by atoms with E-state index in [1.807, 2.05) is 0 Å². The fourth-order valence-electron chi connectivity index (χ4n) is 2.28. The van der Waals surface area contributed by atoms with E-state index in [1.54, 1.807) is 7.11 Å². The topological polar surface area (TPSA) is 24.5 Å². The van der Waals surface area contributed by atoms with Crippen molar-refractivity contribution in [3.63, 3.8) is 0 Å². The molecule has 0 amide bonds. The number of nitrogens with zero attached hydrogens (tertiary/aromatic N) is 1. The van der Waals surface area contributed by atoms with Crippen molar-refractivity contribution in [2.24, 2.45) is 0 Å². The molecule has 0 saturated heterocycles. The van der Waals surface area contributed by atoms with Crippen LogP contribution in [0.25, 0.3) is 0 Å². The summed E-state index contributed by atoms with van der Waals surface area (Å²) in [4.78, 5) is 2.18. The molecule has 1 unspecified atom stereocenters. The molecule has 108 valence electrons. The lowest BCUT2D eigenvalue weighted by molar-refractivity contribution is 0.0128. The zero-order valence-corrected chi connectivity index (χ0v) is 13.2. The second kappa shape index (κ2) is 6.92. The lowest BCUT2D eigenvalue weighted by atomic mass is 9.99. The predicted molar refractivity (Wildman–Crippen MR) is 82.6 cm³/mol.